The number of amides is 1. The number of nitrogens with zero attached hydrogens (tertiary/aromatic N) is 5. The van der Waals surface area contributed by atoms with Crippen molar-refractivity contribution >= 4 is 23.5 Å². The number of carbonyl (C=O) groups excluding carboxylic acids is 1. The van der Waals surface area contributed by atoms with E-state index in [-0.39, 0.29) is 17.4 Å². The molecule has 1 aliphatic carbocycles. The van der Waals surface area contributed by atoms with Gasteiger partial charge in [0.25, 0.3) is 0 Å². The van der Waals surface area contributed by atoms with Crippen molar-refractivity contribution in [1.82, 2.24) is 25.1 Å². The van der Waals surface area contributed by atoms with E-state index in [0.29, 0.717) is 5.95 Å². The number of fused-ring (bicyclic) bond motifs is 1. The van der Waals surface area contributed by atoms with E-state index >= 15 is 0 Å². The molecule has 8 heteroatoms. The minimum Gasteiger partial charge on any atom is -0.341 e. The third-order valence-corrected chi connectivity index (χ3v) is 6.77. The summed E-state index contributed by atoms with van der Waals surface area (Å²) in [5, 5.41) is 11.0. The van der Waals surface area contributed by atoms with Gasteiger partial charge in [-0.15, -0.1) is 0 Å². The SMILES string of the molecule is CC(C)(C)c1cc(Nc2nc(N3CCC[C@H]3C(=O)N3CCCC3)nc3c2CCC3)n[nH]1. The highest BCUT2D eigenvalue weighted by atomic mass is 16.2. The number of aromatic amines is 1. The zero-order valence-electron chi connectivity index (χ0n) is 18.9. The van der Waals surface area contributed by atoms with E-state index in [1.165, 1.54) is 5.56 Å². The van der Waals surface area contributed by atoms with Crippen molar-refractivity contribution in [3.63, 3.8) is 0 Å². The van der Waals surface area contributed by atoms with Crippen LogP contribution in [0, 0.1) is 0 Å². The van der Waals surface area contributed by atoms with Crippen molar-refractivity contribution in [3.8, 4) is 0 Å². The third kappa shape index (κ3) is 3.88. The Morgan fingerprint density at radius 1 is 1.10 bits per heavy atom. The molecule has 8 nitrogen and oxygen atoms in total. The molecule has 0 spiro atoms. The first-order chi connectivity index (χ1) is 14.9. The van der Waals surface area contributed by atoms with Gasteiger partial charge in [0.1, 0.15) is 11.9 Å². The Morgan fingerprint density at radius 3 is 2.65 bits per heavy atom. The van der Waals surface area contributed by atoms with Crippen LogP contribution in [0.4, 0.5) is 17.6 Å². The van der Waals surface area contributed by atoms with Gasteiger partial charge in [-0.2, -0.15) is 10.1 Å². The summed E-state index contributed by atoms with van der Waals surface area (Å²) in [4.78, 5) is 27.1. The molecular weight excluding hydrogens is 390 g/mol. The van der Waals surface area contributed by atoms with Crippen LogP contribution in [0.3, 0.4) is 0 Å². The Labute approximate surface area is 183 Å². The number of aromatic nitrogens is 4. The van der Waals surface area contributed by atoms with E-state index in [4.69, 9.17) is 9.97 Å². The van der Waals surface area contributed by atoms with Gasteiger partial charge >= 0.3 is 0 Å². The summed E-state index contributed by atoms with van der Waals surface area (Å²) in [6.45, 7) is 9.09. The van der Waals surface area contributed by atoms with Gasteiger partial charge in [0.15, 0.2) is 5.82 Å². The summed E-state index contributed by atoms with van der Waals surface area (Å²) in [5.41, 5.74) is 3.38. The number of nitrogens with one attached hydrogen (secondary N) is 2. The standard InChI is InChI=1S/C23H33N7O/c1-23(2,3)18-14-19(28-27-18)25-20-15-8-6-9-16(15)24-22(26-20)30-13-7-10-17(30)21(31)29-11-4-5-12-29/h14,17H,4-13H2,1-3H3,(H2,24,25,26,27,28)/t17-/m0/s1. The molecule has 0 saturated carbocycles. The van der Waals surface area contributed by atoms with Gasteiger partial charge in [-0.3, -0.25) is 9.89 Å². The average molecular weight is 424 g/mol. The zero-order valence-corrected chi connectivity index (χ0v) is 18.9. The molecule has 1 amide bonds. The Balaban J connectivity index is 1.43. The molecule has 0 radical (unpaired) electrons. The maximum Gasteiger partial charge on any atom is 0.245 e. The van der Waals surface area contributed by atoms with Crippen LogP contribution in [0.15, 0.2) is 6.07 Å². The molecule has 2 aliphatic heterocycles. The van der Waals surface area contributed by atoms with Crippen LogP contribution < -0.4 is 10.2 Å². The number of aryl methyl sites for hydroxylation is 1. The third-order valence-electron chi connectivity index (χ3n) is 6.77. The van der Waals surface area contributed by atoms with Gasteiger partial charge in [-0.05, 0) is 44.9 Å². The molecule has 4 heterocycles. The second kappa shape index (κ2) is 7.80. The zero-order chi connectivity index (χ0) is 21.6. The molecule has 0 unspecified atom stereocenters. The molecule has 2 aromatic heterocycles. The minimum absolute atomic E-state index is 0.00438. The van der Waals surface area contributed by atoms with Crippen LogP contribution in [-0.4, -0.2) is 56.6 Å². The van der Waals surface area contributed by atoms with E-state index in [0.717, 1.165) is 87.6 Å². The lowest BCUT2D eigenvalue weighted by atomic mass is 9.92. The van der Waals surface area contributed by atoms with Gasteiger partial charge in [0.2, 0.25) is 11.9 Å². The second-order valence-corrected chi connectivity index (χ2v) is 10.1. The lowest BCUT2D eigenvalue weighted by Crippen LogP contribution is -2.45. The average Bonchev–Trinajstić information content (AvgIpc) is 3.53. The fourth-order valence-corrected chi connectivity index (χ4v) is 4.95. The monoisotopic (exact) mass is 423 g/mol. The number of rotatable bonds is 4. The van der Waals surface area contributed by atoms with Crippen LogP contribution >= 0.6 is 0 Å². The fourth-order valence-electron chi connectivity index (χ4n) is 4.95. The molecule has 2 fully saturated rings. The summed E-state index contributed by atoms with van der Waals surface area (Å²) < 4.78 is 0. The molecule has 2 saturated heterocycles. The van der Waals surface area contributed by atoms with Crippen molar-refractivity contribution in [1.29, 1.82) is 0 Å². The highest BCUT2D eigenvalue weighted by Crippen LogP contribution is 2.33. The number of H-pyrrole nitrogens is 1. The summed E-state index contributed by atoms with van der Waals surface area (Å²) >= 11 is 0. The molecule has 2 N–H and O–H groups in total. The largest absolute Gasteiger partial charge is 0.341 e. The first-order valence-corrected chi connectivity index (χ1v) is 11.7. The Kier molecular flexibility index (Phi) is 5.10. The van der Waals surface area contributed by atoms with Gasteiger partial charge in [0, 0.05) is 42.4 Å². The number of carbonyl (C=O) groups is 1. The van der Waals surface area contributed by atoms with Crippen molar-refractivity contribution in [2.24, 2.45) is 0 Å². The van der Waals surface area contributed by atoms with Gasteiger partial charge < -0.3 is 15.1 Å². The highest BCUT2D eigenvalue weighted by molar-refractivity contribution is 5.85. The molecule has 0 aromatic carbocycles. The number of hydrogen-bond donors (Lipinski definition) is 2. The molecular formula is C23H33N7O. The normalized spacial score (nSPS) is 21.1. The quantitative estimate of drug-likeness (QED) is 0.784. The first kappa shape index (κ1) is 20.3. The van der Waals surface area contributed by atoms with Crippen molar-refractivity contribution in [3.05, 3.63) is 23.0 Å². The molecule has 166 valence electrons. The molecule has 2 aromatic rings. The summed E-state index contributed by atoms with van der Waals surface area (Å²) in [6.07, 6.45) is 7.14. The van der Waals surface area contributed by atoms with Crippen LogP contribution in [-0.2, 0) is 23.1 Å². The predicted octanol–water partition coefficient (Wildman–Crippen LogP) is 3.32. The van der Waals surface area contributed by atoms with Gasteiger partial charge in [0.05, 0.1) is 5.69 Å². The van der Waals surface area contributed by atoms with Crippen molar-refractivity contribution in [2.75, 3.05) is 29.9 Å². The van der Waals surface area contributed by atoms with Crippen LogP contribution in [0.5, 0.6) is 0 Å². The van der Waals surface area contributed by atoms with Gasteiger partial charge in [-0.25, -0.2) is 4.98 Å². The molecule has 3 aliphatic rings. The highest BCUT2D eigenvalue weighted by Gasteiger charge is 2.37. The van der Waals surface area contributed by atoms with Crippen LogP contribution in [0.25, 0.3) is 0 Å². The summed E-state index contributed by atoms with van der Waals surface area (Å²) in [6, 6.07) is 1.92. The van der Waals surface area contributed by atoms with Crippen LogP contribution in [0.2, 0.25) is 0 Å². The number of hydrogen-bond acceptors (Lipinski definition) is 6. The lowest BCUT2D eigenvalue weighted by Gasteiger charge is -2.28. The Hall–Kier alpha value is -2.64. The van der Waals surface area contributed by atoms with E-state index in [1.54, 1.807) is 0 Å². The van der Waals surface area contributed by atoms with Crippen LogP contribution in [0.1, 0.15) is 69.8 Å². The summed E-state index contributed by atoms with van der Waals surface area (Å²) in [5.74, 6) is 2.54. The number of likely N-dealkylation sites (tertiary alicyclic amines) is 1. The van der Waals surface area contributed by atoms with E-state index in [1.807, 2.05) is 4.90 Å². The summed E-state index contributed by atoms with van der Waals surface area (Å²) in [7, 11) is 0. The molecule has 5 rings (SSSR count). The maximum atomic E-state index is 13.1. The van der Waals surface area contributed by atoms with Crippen molar-refractivity contribution in [2.45, 2.75) is 77.2 Å². The maximum absolute atomic E-state index is 13.1. The minimum atomic E-state index is -0.136. The van der Waals surface area contributed by atoms with E-state index in [9.17, 15) is 4.79 Å². The smallest absolute Gasteiger partial charge is 0.245 e. The van der Waals surface area contributed by atoms with E-state index < -0.39 is 0 Å². The lowest BCUT2D eigenvalue weighted by molar-refractivity contribution is -0.131. The Morgan fingerprint density at radius 2 is 1.90 bits per heavy atom. The fraction of sp³-hybridized carbons (Fsp3) is 0.652. The predicted molar refractivity (Wildman–Crippen MR) is 121 cm³/mol. The van der Waals surface area contributed by atoms with Crippen molar-refractivity contribution < 1.29 is 4.79 Å². The molecule has 1 atom stereocenters. The topological polar surface area (TPSA) is 90.0 Å². The van der Waals surface area contributed by atoms with E-state index in [2.05, 4.69) is 47.3 Å². The first-order valence-electron chi connectivity index (χ1n) is 11.7. The number of anilines is 3. The second-order valence-electron chi connectivity index (χ2n) is 10.1. The van der Waals surface area contributed by atoms with Gasteiger partial charge in [-0.1, -0.05) is 20.8 Å². The Bertz CT molecular complexity index is 971. The molecule has 0 bridgehead atoms. The molecule has 31 heavy (non-hydrogen) atoms.